The lowest BCUT2D eigenvalue weighted by molar-refractivity contribution is 0.0792. The van der Waals surface area contributed by atoms with Gasteiger partial charge in [0.05, 0.1) is 11.8 Å². The summed E-state index contributed by atoms with van der Waals surface area (Å²) in [4.78, 5) is 14.2. The minimum absolute atomic E-state index is 0.0405. The van der Waals surface area contributed by atoms with Gasteiger partial charge in [-0.1, -0.05) is 29.8 Å². The van der Waals surface area contributed by atoms with E-state index in [-0.39, 0.29) is 5.91 Å². The molecule has 1 atom stereocenters. The van der Waals surface area contributed by atoms with E-state index < -0.39 is 0 Å². The summed E-state index contributed by atoms with van der Waals surface area (Å²) in [7, 11) is 1.82. The molecule has 1 rings (SSSR count). The Kier molecular flexibility index (Phi) is 5.06. The van der Waals surface area contributed by atoms with Crippen molar-refractivity contribution in [1.29, 1.82) is 0 Å². The summed E-state index contributed by atoms with van der Waals surface area (Å²) in [5.74, 6) is 0.808. The second kappa shape index (κ2) is 6.09. The third-order valence-electron chi connectivity index (χ3n) is 2.51. The zero-order valence-electron chi connectivity index (χ0n) is 10.00. The Labute approximate surface area is 105 Å². The van der Waals surface area contributed by atoms with Crippen LogP contribution in [-0.2, 0) is 6.42 Å². The van der Waals surface area contributed by atoms with Gasteiger partial charge in [0.15, 0.2) is 0 Å². The number of carbonyl (C=O) groups excluding carboxylic acids is 1. The van der Waals surface area contributed by atoms with Crippen molar-refractivity contribution in [2.24, 2.45) is 0 Å². The lowest BCUT2D eigenvalue weighted by atomic mass is 10.2. The lowest BCUT2D eigenvalue weighted by Gasteiger charge is -2.17. The van der Waals surface area contributed by atoms with Gasteiger partial charge in [0.2, 0.25) is 0 Å². The molecule has 1 amide bonds. The number of hydrogen-bond donors (Lipinski definition) is 0. The van der Waals surface area contributed by atoms with Gasteiger partial charge in [-0.05, 0) is 12.5 Å². The van der Waals surface area contributed by atoms with E-state index in [1.165, 1.54) is 0 Å². The summed E-state index contributed by atoms with van der Waals surface area (Å²) in [6.07, 6.45) is 3.27. The number of hydrogen-bond acceptors (Lipinski definition) is 2. The number of halogens is 1. The van der Waals surface area contributed by atoms with Crippen LogP contribution in [0.15, 0.2) is 16.7 Å². The normalized spacial score (nSPS) is 12.5. The molecule has 0 saturated carbocycles. The fraction of sp³-hybridized carbons (Fsp3) is 0.583. The van der Waals surface area contributed by atoms with Crippen LogP contribution in [0.4, 0.5) is 0 Å². The molecule has 1 aromatic heterocycles. The van der Waals surface area contributed by atoms with Crippen LogP contribution in [0.5, 0.6) is 0 Å². The largest absolute Gasteiger partial charge is 0.469 e. The van der Waals surface area contributed by atoms with Crippen molar-refractivity contribution in [3.8, 4) is 0 Å². The minimum Gasteiger partial charge on any atom is -0.469 e. The Morgan fingerprint density at radius 2 is 2.31 bits per heavy atom. The molecule has 1 unspecified atom stereocenters. The Morgan fingerprint density at radius 3 is 2.88 bits per heavy atom. The van der Waals surface area contributed by atoms with Crippen LogP contribution < -0.4 is 0 Å². The fourth-order valence-corrected chi connectivity index (χ4v) is 1.69. The third kappa shape index (κ3) is 3.37. The first-order chi connectivity index (χ1) is 7.56. The smallest absolute Gasteiger partial charge is 0.257 e. The molecule has 0 aliphatic carbocycles. The highest BCUT2D eigenvalue weighted by Crippen LogP contribution is 2.14. The molecular formula is C12H18BrNO2. The molecule has 0 radical (unpaired) electrons. The van der Waals surface area contributed by atoms with E-state index in [9.17, 15) is 4.79 Å². The Balaban J connectivity index is 2.63. The summed E-state index contributed by atoms with van der Waals surface area (Å²) < 4.78 is 5.25. The SMILES string of the molecule is CCc1occc1C(=O)N(C)CCC(C)Br. The van der Waals surface area contributed by atoms with Gasteiger partial charge in [0.25, 0.3) is 5.91 Å². The number of alkyl halides is 1. The molecule has 0 bridgehead atoms. The van der Waals surface area contributed by atoms with E-state index in [2.05, 4.69) is 22.9 Å². The molecule has 3 nitrogen and oxygen atoms in total. The van der Waals surface area contributed by atoms with Gasteiger partial charge in [-0.25, -0.2) is 0 Å². The summed E-state index contributed by atoms with van der Waals surface area (Å²) >= 11 is 3.47. The van der Waals surface area contributed by atoms with Crippen molar-refractivity contribution >= 4 is 21.8 Å². The molecule has 90 valence electrons. The van der Waals surface area contributed by atoms with E-state index in [0.717, 1.165) is 25.1 Å². The highest BCUT2D eigenvalue weighted by Gasteiger charge is 2.17. The lowest BCUT2D eigenvalue weighted by Crippen LogP contribution is -2.29. The van der Waals surface area contributed by atoms with E-state index in [0.29, 0.717) is 10.4 Å². The molecule has 0 saturated heterocycles. The van der Waals surface area contributed by atoms with Gasteiger partial charge in [-0.2, -0.15) is 0 Å². The first-order valence-electron chi connectivity index (χ1n) is 5.52. The molecule has 0 aliphatic heterocycles. The molecule has 16 heavy (non-hydrogen) atoms. The number of amides is 1. The first kappa shape index (κ1) is 13.3. The average Bonchev–Trinajstić information content (AvgIpc) is 2.72. The van der Waals surface area contributed by atoms with Crippen LogP contribution in [-0.4, -0.2) is 29.2 Å². The summed E-state index contributed by atoms with van der Waals surface area (Å²) in [5, 5.41) is 0. The Hall–Kier alpha value is -0.770. The number of rotatable bonds is 5. The van der Waals surface area contributed by atoms with E-state index in [4.69, 9.17) is 4.42 Å². The second-order valence-corrected chi connectivity index (χ2v) is 5.47. The van der Waals surface area contributed by atoms with Crippen LogP contribution in [0.2, 0.25) is 0 Å². The highest BCUT2D eigenvalue weighted by molar-refractivity contribution is 9.09. The first-order valence-corrected chi connectivity index (χ1v) is 6.43. The predicted octanol–water partition coefficient (Wildman–Crippen LogP) is 3.09. The van der Waals surface area contributed by atoms with Gasteiger partial charge in [0, 0.05) is 24.8 Å². The second-order valence-electron chi connectivity index (χ2n) is 3.91. The summed E-state index contributed by atoms with van der Waals surface area (Å²) in [5.41, 5.74) is 0.687. The number of furan rings is 1. The average molecular weight is 288 g/mol. The minimum atomic E-state index is 0.0405. The van der Waals surface area contributed by atoms with E-state index in [1.807, 2.05) is 14.0 Å². The van der Waals surface area contributed by atoms with Crippen LogP contribution in [0, 0.1) is 0 Å². The maximum absolute atomic E-state index is 12.0. The van der Waals surface area contributed by atoms with Crippen LogP contribution in [0.1, 0.15) is 36.4 Å². The molecule has 0 aliphatic rings. The molecule has 0 aromatic carbocycles. The summed E-state index contributed by atoms with van der Waals surface area (Å²) in [6, 6.07) is 1.75. The van der Waals surface area contributed by atoms with Gasteiger partial charge in [-0.3, -0.25) is 4.79 Å². The Bertz CT molecular complexity index is 347. The van der Waals surface area contributed by atoms with Crippen molar-refractivity contribution in [1.82, 2.24) is 4.90 Å². The topological polar surface area (TPSA) is 33.5 Å². The summed E-state index contributed by atoms with van der Waals surface area (Å²) in [6.45, 7) is 4.81. The molecule has 1 heterocycles. The van der Waals surface area contributed by atoms with Crippen LogP contribution >= 0.6 is 15.9 Å². The van der Waals surface area contributed by atoms with E-state index in [1.54, 1.807) is 17.2 Å². The van der Waals surface area contributed by atoms with Gasteiger partial charge < -0.3 is 9.32 Å². The van der Waals surface area contributed by atoms with Gasteiger partial charge in [0.1, 0.15) is 5.76 Å². The van der Waals surface area contributed by atoms with Crippen LogP contribution in [0.3, 0.4) is 0 Å². The van der Waals surface area contributed by atoms with Crippen LogP contribution in [0.25, 0.3) is 0 Å². The Morgan fingerprint density at radius 1 is 1.62 bits per heavy atom. The van der Waals surface area contributed by atoms with Crippen molar-refractivity contribution in [3.05, 3.63) is 23.7 Å². The quantitative estimate of drug-likeness (QED) is 0.780. The number of aryl methyl sites for hydroxylation is 1. The van der Waals surface area contributed by atoms with E-state index >= 15 is 0 Å². The molecular weight excluding hydrogens is 270 g/mol. The molecule has 4 heteroatoms. The van der Waals surface area contributed by atoms with Crippen molar-refractivity contribution in [2.45, 2.75) is 31.5 Å². The third-order valence-corrected chi connectivity index (χ3v) is 2.96. The van der Waals surface area contributed by atoms with Crippen molar-refractivity contribution in [3.63, 3.8) is 0 Å². The predicted molar refractivity (Wildman–Crippen MR) is 68.1 cm³/mol. The zero-order chi connectivity index (χ0) is 12.1. The van der Waals surface area contributed by atoms with Gasteiger partial charge in [-0.15, -0.1) is 0 Å². The molecule has 1 aromatic rings. The highest BCUT2D eigenvalue weighted by atomic mass is 79.9. The van der Waals surface area contributed by atoms with Crippen molar-refractivity contribution < 1.29 is 9.21 Å². The van der Waals surface area contributed by atoms with Gasteiger partial charge >= 0.3 is 0 Å². The zero-order valence-corrected chi connectivity index (χ0v) is 11.6. The van der Waals surface area contributed by atoms with Crippen molar-refractivity contribution in [2.75, 3.05) is 13.6 Å². The number of carbonyl (C=O) groups is 1. The fourth-order valence-electron chi connectivity index (χ4n) is 1.48. The maximum Gasteiger partial charge on any atom is 0.257 e. The molecule has 0 fully saturated rings. The monoisotopic (exact) mass is 287 g/mol. The maximum atomic E-state index is 12.0. The molecule has 0 N–H and O–H groups in total. The molecule has 0 spiro atoms. The standard InChI is InChI=1S/C12H18BrNO2/c1-4-11-10(6-8-16-11)12(15)14(3)7-5-9(2)13/h6,8-9H,4-5,7H2,1-3H3. The number of nitrogens with zero attached hydrogens (tertiary/aromatic N) is 1.